The summed E-state index contributed by atoms with van der Waals surface area (Å²) in [5, 5.41) is 9.45. The van der Waals surface area contributed by atoms with Crippen LogP contribution in [0.2, 0.25) is 0 Å². The number of nitrogens with zero attached hydrogens (tertiary/aromatic N) is 1. The van der Waals surface area contributed by atoms with Gasteiger partial charge in [0.15, 0.2) is 5.96 Å². The number of aliphatic imine (C=N–C) groups is 1. The van der Waals surface area contributed by atoms with Gasteiger partial charge in [-0.1, -0.05) is 6.92 Å². The molecular formula is C16H29IN4O2. The van der Waals surface area contributed by atoms with Crippen LogP contribution in [0.15, 0.2) is 27.8 Å². The lowest BCUT2D eigenvalue weighted by molar-refractivity contribution is -0.118. The van der Waals surface area contributed by atoms with E-state index in [1.165, 1.54) is 6.92 Å². The molecular weight excluding hydrogens is 407 g/mol. The Bertz CT molecular complexity index is 449. The molecule has 0 aliphatic rings. The van der Waals surface area contributed by atoms with Gasteiger partial charge in [0.25, 0.3) is 0 Å². The molecule has 1 rings (SSSR count). The molecule has 0 aliphatic carbocycles. The summed E-state index contributed by atoms with van der Waals surface area (Å²) < 4.78 is 5.31. The Morgan fingerprint density at radius 3 is 2.74 bits per heavy atom. The molecule has 6 nitrogen and oxygen atoms in total. The third-order valence-electron chi connectivity index (χ3n) is 3.22. The summed E-state index contributed by atoms with van der Waals surface area (Å²) in [6.07, 6.45) is 4.36. The minimum absolute atomic E-state index is 0. The van der Waals surface area contributed by atoms with Gasteiger partial charge in [-0.05, 0) is 31.9 Å². The molecule has 1 unspecified atom stereocenters. The molecule has 0 radical (unpaired) electrons. The van der Waals surface area contributed by atoms with Crippen molar-refractivity contribution < 1.29 is 9.21 Å². The summed E-state index contributed by atoms with van der Waals surface area (Å²) in [6.45, 7) is 7.88. The highest BCUT2D eigenvalue weighted by Crippen LogP contribution is 1.99. The zero-order valence-corrected chi connectivity index (χ0v) is 16.6. The quantitative estimate of drug-likeness (QED) is 0.240. The molecule has 23 heavy (non-hydrogen) atoms. The number of carbonyl (C=O) groups is 1. The molecule has 0 saturated heterocycles. The summed E-state index contributed by atoms with van der Waals surface area (Å²) in [6, 6.07) is 4.22. The van der Waals surface area contributed by atoms with Gasteiger partial charge in [0, 0.05) is 39.0 Å². The van der Waals surface area contributed by atoms with E-state index in [-0.39, 0.29) is 29.9 Å². The lowest BCUT2D eigenvalue weighted by atomic mass is 10.3. The van der Waals surface area contributed by atoms with E-state index in [1.807, 2.05) is 12.1 Å². The first-order valence-electron chi connectivity index (χ1n) is 7.93. The van der Waals surface area contributed by atoms with E-state index in [0.717, 1.165) is 37.5 Å². The van der Waals surface area contributed by atoms with Gasteiger partial charge in [0.1, 0.15) is 5.76 Å². The molecule has 132 valence electrons. The average Bonchev–Trinajstić information content (AvgIpc) is 2.99. The first-order valence-corrected chi connectivity index (χ1v) is 7.93. The standard InChI is InChI=1S/C16H28N4O2.HI/c1-4-13(2)20-16(18-10-6-9-17-14(3)21)19-11-8-15-7-5-12-22-15;/h5,7,12-13H,4,6,8-11H2,1-3H3,(H,17,21)(H2,18,19,20);1H. The van der Waals surface area contributed by atoms with Crippen LogP contribution < -0.4 is 16.0 Å². The average molecular weight is 436 g/mol. The van der Waals surface area contributed by atoms with Crippen LogP contribution in [0.25, 0.3) is 0 Å². The fourth-order valence-electron chi connectivity index (χ4n) is 1.78. The van der Waals surface area contributed by atoms with E-state index in [1.54, 1.807) is 6.26 Å². The van der Waals surface area contributed by atoms with E-state index in [9.17, 15) is 4.79 Å². The van der Waals surface area contributed by atoms with Crippen molar-refractivity contribution in [3.05, 3.63) is 24.2 Å². The monoisotopic (exact) mass is 436 g/mol. The Kier molecular flexibility index (Phi) is 12.5. The lowest BCUT2D eigenvalue weighted by Gasteiger charge is -2.16. The summed E-state index contributed by atoms with van der Waals surface area (Å²) in [7, 11) is 0. The zero-order valence-electron chi connectivity index (χ0n) is 14.2. The number of hydrogen-bond donors (Lipinski definition) is 3. The van der Waals surface area contributed by atoms with Crippen LogP contribution in [0.1, 0.15) is 39.4 Å². The number of furan rings is 1. The summed E-state index contributed by atoms with van der Waals surface area (Å²) in [5.41, 5.74) is 0. The first kappa shape index (κ1) is 21.8. The van der Waals surface area contributed by atoms with E-state index in [0.29, 0.717) is 19.1 Å². The van der Waals surface area contributed by atoms with Crippen LogP contribution in [-0.2, 0) is 11.2 Å². The van der Waals surface area contributed by atoms with Crippen LogP contribution in [0.3, 0.4) is 0 Å². The molecule has 1 amide bonds. The van der Waals surface area contributed by atoms with E-state index < -0.39 is 0 Å². The van der Waals surface area contributed by atoms with Crippen LogP contribution >= 0.6 is 24.0 Å². The van der Waals surface area contributed by atoms with Gasteiger partial charge in [-0.25, -0.2) is 0 Å². The summed E-state index contributed by atoms with van der Waals surface area (Å²) in [4.78, 5) is 15.3. The summed E-state index contributed by atoms with van der Waals surface area (Å²) in [5.74, 6) is 1.77. The predicted molar refractivity (Wildman–Crippen MR) is 104 cm³/mol. The van der Waals surface area contributed by atoms with Gasteiger partial charge >= 0.3 is 0 Å². The molecule has 1 atom stereocenters. The van der Waals surface area contributed by atoms with Gasteiger partial charge in [-0.2, -0.15) is 0 Å². The highest BCUT2D eigenvalue weighted by molar-refractivity contribution is 14.0. The van der Waals surface area contributed by atoms with Gasteiger partial charge in [0.2, 0.25) is 5.91 Å². The van der Waals surface area contributed by atoms with Crippen LogP contribution in [0.4, 0.5) is 0 Å². The maximum absolute atomic E-state index is 10.8. The Morgan fingerprint density at radius 2 is 2.13 bits per heavy atom. The van der Waals surface area contributed by atoms with Crippen molar-refractivity contribution in [2.75, 3.05) is 19.6 Å². The molecule has 0 spiro atoms. The molecule has 1 aromatic rings. The van der Waals surface area contributed by atoms with Crippen LogP contribution in [-0.4, -0.2) is 37.5 Å². The minimum atomic E-state index is -0.00138. The molecule has 0 aromatic carbocycles. The van der Waals surface area contributed by atoms with Crippen molar-refractivity contribution in [3.8, 4) is 0 Å². The van der Waals surface area contributed by atoms with Crippen molar-refractivity contribution in [1.82, 2.24) is 16.0 Å². The molecule has 1 aromatic heterocycles. The predicted octanol–water partition coefficient (Wildman–Crippen LogP) is 2.30. The van der Waals surface area contributed by atoms with E-state index in [2.05, 4.69) is 34.8 Å². The first-order chi connectivity index (χ1) is 10.6. The van der Waals surface area contributed by atoms with Crippen molar-refractivity contribution in [2.24, 2.45) is 4.99 Å². The third kappa shape index (κ3) is 11.0. The van der Waals surface area contributed by atoms with Crippen molar-refractivity contribution in [3.63, 3.8) is 0 Å². The van der Waals surface area contributed by atoms with E-state index in [4.69, 9.17) is 4.42 Å². The summed E-state index contributed by atoms with van der Waals surface area (Å²) >= 11 is 0. The minimum Gasteiger partial charge on any atom is -0.469 e. The molecule has 1 heterocycles. The highest BCUT2D eigenvalue weighted by Gasteiger charge is 2.04. The van der Waals surface area contributed by atoms with Crippen LogP contribution in [0, 0.1) is 0 Å². The second-order valence-corrected chi connectivity index (χ2v) is 5.28. The molecule has 3 N–H and O–H groups in total. The second-order valence-electron chi connectivity index (χ2n) is 5.28. The van der Waals surface area contributed by atoms with Crippen molar-refractivity contribution in [1.29, 1.82) is 0 Å². The SMILES string of the molecule is CCC(C)NC(=NCCCNC(C)=O)NCCc1ccco1.I. The Labute approximate surface area is 155 Å². The van der Waals surface area contributed by atoms with Crippen LogP contribution in [0.5, 0.6) is 0 Å². The van der Waals surface area contributed by atoms with Crippen molar-refractivity contribution >= 4 is 35.8 Å². The highest BCUT2D eigenvalue weighted by atomic mass is 127. The number of rotatable bonds is 9. The molecule has 7 heteroatoms. The number of halogens is 1. The van der Waals surface area contributed by atoms with E-state index >= 15 is 0 Å². The third-order valence-corrected chi connectivity index (χ3v) is 3.22. The Balaban J connectivity index is 0.00000484. The topological polar surface area (TPSA) is 78.7 Å². The Morgan fingerprint density at radius 1 is 1.35 bits per heavy atom. The second kappa shape index (κ2) is 13.2. The normalized spacial score (nSPS) is 12.2. The molecule has 0 fully saturated rings. The fourth-order valence-corrected chi connectivity index (χ4v) is 1.78. The smallest absolute Gasteiger partial charge is 0.216 e. The van der Waals surface area contributed by atoms with Gasteiger partial charge < -0.3 is 20.4 Å². The number of amides is 1. The zero-order chi connectivity index (χ0) is 16.2. The largest absolute Gasteiger partial charge is 0.469 e. The lowest BCUT2D eigenvalue weighted by Crippen LogP contribution is -2.43. The van der Waals surface area contributed by atoms with Crippen molar-refractivity contribution in [2.45, 2.75) is 46.1 Å². The molecule has 0 aliphatic heterocycles. The molecule has 0 saturated carbocycles. The molecule has 0 bridgehead atoms. The number of nitrogens with one attached hydrogen (secondary N) is 3. The number of guanidine groups is 1. The van der Waals surface area contributed by atoms with Gasteiger partial charge in [-0.15, -0.1) is 24.0 Å². The fraction of sp³-hybridized carbons (Fsp3) is 0.625. The van der Waals surface area contributed by atoms with Gasteiger partial charge in [-0.3, -0.25) is 9.79 Å². The van der Waals surface area contributed by atoms with Gasteiger partial charge in [0.05, 0.1) is 6.26 Å². The maximum Gasteiger partial charge on any atom is 0.216 e. The maximum atomic E-state index is 10.8. The number of carbonyl (C=O) groups excluding carboxylic acids is 1. The number of hydrogen-bond acceptors (Lipinski definition) is 3. The Hall–Kier alpha value is -1.25.